The van der Waals surface area contributed by atoms with Gasteiger partial charge in [0, 0.05) is 13.0 Å². The Kier molecular flexibility index (Phi) is 3.62. The molecule has 1 saturated carbocycles. The normalized spacial score (nSPS) is 27.1. The van der Waals surface area contributed by atoms with Crippen LogP contribution >= 0.6 is 0 Å². The standard InChI is InChI=1S/C12H21NO2/c14-12(15)4-3-11-6-8-13(9-11)7-5-10-1-2-10/h10-11H,1-9H2,(H,14,15). The summed E-state index contributed by atoms with van der Waals surface area (Å²) in [7, 11) is 0. The van der Waals surface area contributed by atoms with Gasteiger partial charge in [0.05, 0.1) is 0 Å². The van der Waals surface area contributed by atoms with Gasteiger partial charge in [-0.25, -0.2) is 0 Å². The maximum Gasteiger partial charge on any atom is 0.303 e. The second-order valence-electron chi connectivity index (χ2n) is 5.12. The van der Waals surface area contributed by atoms with Crippen LogP contribution in [0.2, 0.25) is 0 Å². The zero-order chi connectivity index (χ0) is 10.7. The van der Waals surface area contributed by atoms with Crippen LogP contribution in [0.3, 0.4) is 0 Å². The number of aliphatic carboxylic acids is 1. The van der Waals surface area contributed by atoms with Crippen LogP contribution in [0.1, 0.15) is 38.5 Å². The van der Waals surface area contributed by atoms with Crippen molar-refractivity contribution in [2.75, 3.05) is 19.6 Å². The third-order valence-corrected chi connectivity index (χ3v) is 3.69. The van der Waals surface area contributed by atoms with Gasteiger partial charge in [-0.05, 0) is 44.2 Å². The Morgan fingerprint density at radius 2 is 2.00 bits per heavy atom. The summed E-state index contributed by atoms with van der Waals surface area (Å²) < 4.78 is 0. The van der Waals surface area contributed by atoms with Crippen molar-refractivity contribution in [3.05, 3.63) is 0 Å². The van der Waals surface area contributed by atoms with Gasteiger partial charge in [0.15, 0.2) is 0 Å². The molecule has 3 nitrogen and oxygen atoms in total. The Labute approximate surface area is 91.5 Å². The number of rotatable bonds is 6. The second-order valence-corrected chi connectivity index (χ2v) is 5.12. The number of nitrogens with zero attached hydrogens (tertiary/aromatic N) is 1. The number of carboxylic acids is 1. The number of hydrogen-bond donors (Lipinski definition) is 1. The maximum absolute atomic E-state index is 10.4. The van der Waals surface area contributed by atoms with Crippen molar-refractivity contribution in [2.24, 2.45) is 11.8 Å². The zero-order valence-corrected chi connectivity index (χ0v) is 9.32. The maximum atomic E-state index is 10.4. The van der Waals surface area contributed by atoms with E-state index in [-0.39, 0.29) is 0 Å². The van der Waals surface area contributed by atoms with E-state index in [9.17, 15) is 4.79 Å². The quantitative estimate of drug-likeness (QED) is 0.730. The minimum atomic E-state index is -0.647. The van der Waals surface area contributed by atoms with Crippen LogP contribution in [0.25, 0.3) is 0 Å². The Morgan fingerprint density at radius 3 is 2.67 bits per heavy atom. The van der Waals surface area contributed by atoms with E-state index in [1.165, 1.54) is 38.8 Å². The van der Waals surface area contributed by atoms with E-state index in [0.29, 0.717) is 12.3 Å². The average molecular weight is 211 g/mol. The van der Waals surface area contributed by atoms with Crippen LogP contribution in [-0.4, -0.2) is 35.6 Å². The summed E-state index contributed by atoms with van der Waals surface area (Å²) in [5.74, 6) is 1.01. The molecule has 0 aromatic rings. The molecule has 86 valence electrons. The molecule has 1 saturated heterocycles. The summed E-state index contributed by atoms with van der Waals surface area (Å²) in [6, 6.07) is 0. The lowest BCUT2D eigenvalue weighted by Gasteiger charge is -2.15. The summed E-state index contributed by atoms with van der Waals surface area (Å²) in [4.78, 5) is 13.0. The molecule has 2 rings (SSSR count). The van der Waals surface area contributed by atoms with Crippen molar-refractivity contribution in [1.82, 2.24) is 4.90 Å². The highest BCUT2D eigenvalue weighted by Crippen LogP contribution is 2.33. The fourth-order valence-corrected chi connectivity index (χ4v) is 2.45. The molecule has 3 heteroatoms. The molecule has 0 radical (unpaired) electrons. The predicted octanol–water partition coefficient (Wildman–Crippen LogP) is 1.97. The molecule has 1 aliphatic heterocycles. The molecule has 0 amide bonds. The van der Waals surface area contributed by atoms with Crippen LogP contribution in [0.15, 0.2) is 0 Å². The lowest BCUT2D eigenvalue weighted by molar-refractivity contribution is -0.137. The Hall–Kier alpha value is -0.570. The van der Waals surface area contributed by atoms with Gasteiger partial charge in [0.25, 0.3) is 0 Å². The topological polar surface area (TPSA) is 40.5 Å². The van der Waals surface area contributed by atoms with E-state index in [1.807, 2.05) is 0 Å². The summed E-state index contributed by atoms with van der Waals surface area (Å²) in [6.45, 7) is 3.57. The molecule has 2 fully saturated rings. The van der Waals surface area contributed by atoms with E-state index >= 15 is 0 Å². The molecular weight excluding hydrogens is 190 g/mol. The van der Waals surface area contributed by atoms with Gasteiger partial charge in [-0.1, -0.05) is 12.8 Å². The molecule has 1 N–H and O–H groups in total. The van der Waals surface area contributed by atoms with Crippen molar-refractivity contribution in [2.45, 2.75) is 38.5 Å². The van der Waals surface area contributed by atoms with Crippen LogP contribution < -0.4 is 0 Å². The molecule has 0 spiro atoms. The van der Waals surface area contributed by atoms with Crippen molar-refractivity contribution in [3.8, 4) is 0 Å². The van der Waals surface area contributed by atoms with E-state index in [0.717, 1.165) is 18.9 Å². The highest BCUT2D eigenvalue weighted by molar-refractivity contribution is 5.66. The molecule has 1 aliphatic carbocycles. The number of hydrogen-bond acceptors (Lipinski definition) is 2. The monoisotopic (exact) mass is 211 g/mol. The fourth-order valence-electron chi connectivity index (χ4n) is 2.45. The number of carbonyl (C=O) groups is 1. The molecule has 0 bridgehead atoms. The lowest BCUT2D eigenvalue weighted by atomic mass is 10.0. The van der Waals surface area contributed by atoms with Gasteiger partial charge in [-0.15, -0.1) is 0 Å². The molecule has 2 aliphatic rings. The van der Waals surface area contributed by atoms with E-state index in [4.69, 9.17) is 5.11 Å². The van der Waals surface area contributed by atoms with Crippen LogP contribution in [0, 0.1) is 11.8 Å². The molecule has 0 aromatic carbocycles. The van der Waals surface area contributed by atoms with Gasteiger partial charge >= 0.3 is 5.97 Å². The molecular formula is C12H21NO2. The average Bonchev–Trinajstić information content (AvgIpc) is 2.92. The van der Waals surface area contributed by atoms with Gasteiger partial charge in [-0.2, -0.15) is 0 Å². The lowest BCUT2D eigenvalue weighted by Crippen LogP contribution is -2.22. The van der Waals surface area contributed by atoms with Crippen molar-refractivity contribution in [3.63, 3.8) is 0 Å². The first-order chi connectivity index (χ1) is 7.24. The van der Waals surface area contributed by atoms with Gasteiger partial charge in [0.2, 0.25) is 0 Å². The Balaban J connectivity index is 1.58. The molecule has 1 atom stereocenters. The first kappa shape index (κ1) is 10.9. The van der Waals surface area contributed by atoms with Crippen molar-refractivity contribution >= 4 is 5.97 Å². The molecule has 1 heterocycles. The summed E-state index contributed by atoms with van der Waals surface area (Å²) in [5, 5.41) is 8.61. The van der Waals surface area contributed by atoms with Crippen molar-refractivity contribution in [1.29, 1.82) is 0 Å². The Morgan fingerprint density at radius 1 is 1.20 bits per heavy atom. The summed E-state index contributed by atoms with van der Waals surface area (Å²) >= 11 is 0. The predicted molar refractivity (Wildman–Crippen MR) is 58.8 cm³/mol. The minimum Gasteiger partial charge on any atom is -0.481 e. The first-order valence-electron chi connectivity index (χ1n) is 6.18. The SMILES string of the molecule is O=C(O)CCC1CCN(CCC2CC2)C1. The Bertz CT molecular complexity index is 226. The van der Waals surface area contributed by atoms with Gasteiger partial charge < -0.3 is 10.0 Å². The minimum absolute atomic E-state index is 0.348. The van der Waals surface area contributed by atoms with E-state index in [1.54, 1.807) is 0 Å². The first-order valence-corrected chi connectivity index (χ1v) is 6.18. The van der Waals surface area contributed by atoms with E-state index < -0.39 is 5.97 Å². The number of carboxylic acid groups (broad SMARTS) is 1. The van der Waals surface area contributed by atoms with Crippen molar-refractivity contribution < 1.29 is 9.90 Å². The smallest absolute Gasteiger partial charge is 0.303 e. The van der Waals surface area contributed by atoms with Crippen LogP contribution in [0.5, 0.6) is 0 Å². The summed E-state index contributed by atoms with van der Waals surface area (Å²) in [5.41, 5.74) is 0. The van der Waals surface area contributed by atoms with Gasteiger partial charge in [-0.3, -0.25) is 4.79 Å². The third-order valence-electron chi connectivity index (χ3n) is 3.69. The van der Waals surface area contributed by atoms with Crippen LogP contribution in [0.4, 0.5) is 0 Å². The third kappa shape index (κ3) is 3.82. The molecule has 0 aromatic heterocycles. The molecule has 15 heavy (non-hydrogen) atoms. The fraction of sp³-hybridized carbons (Fsp3) is 0.917. The van der Waals surface area contributed by atoms with Gasteiger partial charge in [0.1, 0.15) is 0 Å². The highest BCUT2D eigenvalue weighted by Gasteiger charge is 2.26. The second kappa shape index (κ2) is 4.97. The highest BCUT2D eigenvalue weighted by atomic mass is 16.4. The zero-order valence-electron chi connectivity index (χ0n) is 9.32. The number of likely N-dealkylation sites (tertiary alicyclic amines) is 1. The van der Waals surface area contributed by atoms with E-state index in [2.05, 4.69) is 4.90 Å². The molecule has 1 unspecified atom stereocenters. The summed E-state index contributed by atoms with van der Waals surface area (Å²) in [6.07, 6.45) is 6.67. The largest absolute Gasteiger partial charge is 0.481 e. The van der Waals surface area contributed by atoms with Crippen LogP contribution in [-0.2, 0) is 4.79 Å².